The van der Waals surface area contributed by atoms with E-state index in [-0.39, 0.29) is 52.4 Å². The van der Waals surface area contributed by atoms with Crippen LogP contribution in [0.1, 0.15) is 29.6 Å². The number of ether oxygens (including phenoxy) is 1. The van der Waals surface area contributed by atoms with E-state index in [1.807, 2.05) is 0 Å². The first kappa shape index (κ1) is 15.7. The standard InChI is InChI=1S/C17H16N2O6/c1-25-17(22)11-5-4-10(19(23)24)7-12(11)18-15(20)13-8-2-3-9(6-8)14(13)16(18)21/h4-5,7-9,13-14H,2-3,6H2,1H3/t8-,9+,13-,14-/m0/s1. The van der Waals surface area contributed by atoms with E-state index in [4.69, 9.17) is 4.74 Å². The fraction of sp³-hybridized carbons (Fsp3) is 0.471. The molecule has 3 aliphatic rings. The molecule has 3 fully saturated rings. The van der Waals surface area contributed by atoms with Crippen molar-refractivity contribution in [2.24, 2.45) is 23.7 Å². The number of carbonyl (C=O) groups is 3. The number of nitro benzene ring substituents is 1. The molecule has 0 unspecified atom stereocenters. The van der Waals surface area contributed by atoms with Gasteiger partial charge in [-0.1, -0.05) is 0 Å². The fourth-order valence-corrected chi connectivity index (χ4v) is 4.75. The molecule has 0 spiro atoms. The normalized spacial score (nSPS) is 29.9. The number of benzene rings is 1. The topological polar surface area (TPSA) is 107 Å². The van der Waals surface area contributed by atoms with Crippen LogP contribution in [0, 0.1) is 33.8 Å². The Morgan fingerprint density at radius 3 is 2.32 bits per heavy atom. The maximum absolute atomic E-state index is 12.9. The molecule has 0 radical (unpaired) electrons. The minimum atomic E-state index is -0.745. The fourth-order valence-electron chi connectivity index (χ4n) is 4.75. The number of amides is 2. The molecule has 1 aliphatic heterocycles. The third kappa shape index (κ3) is 2.09. The quantitative estimate of drug-likeness (QED) is 0.359. The highest BCUT2D eigenvalue weighted by atomic mass is 16.6. The van der Waals surface area contributed by atoms with Crippen molar-refractivity contribution >= 4 is 29.2 Å². The SMILES string of the molecule is COC(=O)c1ccc([N+](=O)[O-])cc1N1C(=O)[C@H]2[C@@H]3CC[C@@H](C3)[C@@H]2C1=O. The Hall–Kier alpha value is -2.77. The van der Waals surface area contributed by atoms with Crippen LogP contribution in [-0.4, -0.2) is 29.8 Å². The van der Waals surface area contributed by atoms with Crippen LogP contribution >= 0.6 is 0 Å². The summed E-state index contributed by atoms with van der Waals surface area (Å²) >= 11 is 0. The molecular formula is C17H16N2O6. The molecule has 2 aliphatic carbocycles. The Kier molecular flexibility index (Phi) is 3.38. The molecule has 4 rings (SSSR count). The van der Waals surface area contributed by atoms with Gasteiger partial charge in [-0.25, -0.2) is 9.69 Å². The van der Waals surface area contributed by atoms with Crippen molar-refractivity contribution in [3.63, 3.8) is 0 Å². The Morgan fingerprint density at radius 2 is 1.80 bits per heavy atom. The predicted molar refractivity (Wildman–Crippen MR) is 84.7 cm³/mol. The summed E-state index contributed by atoms with van der Waals surface area (Å²) < 4.78 is 4.70. The highest BCUT2D eigenvalue weighted by Gasteiger charge is 2.61. The first-order chi connectivity index (χ1) is 11.9. The van der Waals surface area contributed by atoms with Crippen molar-refractivity contribution in [3.05, 3.63) is 33.9 Å². The van der Waals surface area contributed by atoms with E-state index in [0.29, 0.717) is 0 Å². The van der Waals surface area contributed by atoms with Crippen molar-refractivity contribution < 1.29 is 24.0 Å². The van der Waals surface area contributed by atoms with Gasteiger partial charge in [0.15, 0.2) is 0 Å². The molecule has 2 bridgehead atoms. The number of hydrogen-bond acceptors (Lipinski definition) is 6. The number of esters is 1. The molecule has 1 aromatic carbocycles. The minimum Gasteiger partial charge on any atom is -0.465 e. The van der Waals surface area contributed by atoms with Gasteiger partial charge in [0.1, 0.15) is 0 Å². The van der Waals surface area contributed by atoms with Crippen LogP contribution in [0.25, 0.3) is 0 Å². The van der Waals surface area contributed by atoms with E-state index < -0.39 is 10.9 Å². The molecule has 0 N–H and O–H groups in total. The number of anilines is 1. The zero-order valence-electron chi connectivity index (χ0n) is 13.5. The van der Waals surface area contributed by atoms with E-state index >= 15 is 0 Å². The van der Waals surface area contributed by atoms with Gasteiger partial charge in [-0.3, -0.25) is 19.7 Å². The van der Waals surface area contributed by atoms with Gasteiger partial charge in [0, 0.05) is 12.1 Å². The second-order valence-electron chi connectivity index (χ2n) is 6.85. The van der Waals surface area contributed by atoms with Crippen LogP contribution in [-0.2, 0) is 14.3 Å². The number of methoxy groups -OCH3 is 1. The Morgan fingerprint density at radius 1 is 1.20 bits per heavy atom. The van der Waals surface area contributed by atoms with Gasteiger partial charge in [-0.2, -0.15) is 0 Å². The second-order valence-corrected chi connectivity index (χ2v) is 6.85. The average molecular weight is 344 g/mol. The number of nitro groups is 1. The van der Waals surface area contributed by atoms with Crippen LogP contribution in [0.2, 0.25) is 0 Å². The number of fused-ring (bicyclic) bond motifs is 5. The zero-order chi connectivity index (χ0) is 17.9. The Balaban J connectivity index is 1.82. The lowest BCUT2D eigenvalue weighted by Crippen LogP contribution is -2.34. The van der Waals surface area contributed by atoms with Crippen LogP contribution in [0.4, 0.5) is 11.4 Å². The molecule has 1 heterocycles. The van der Waals surface area contributed by atoms with Gasteiger partial charge in [-0.15, -0.1) is 0 Å². The van der Waals surface area contributed by atoms with E-state index in [1.165, 1.54) is 13.2 Å². The lowest BCUT2D eigenvalue weighted by atomic mass is 9.81. The monoisotopic (exact) mass is 344 g/mol. The van der Waals surface area contributed by atoms with E-state index in [9.17, 15) is 24.5 Å². The molecule has 2 saturated carbocycles. The highest BCUT2D eigenvalue weighted by molar-refractivity contribution is 6.24. The first-order valence-electron chi connectivity index (χ1n) is 8.18. The van der Waals surface area contributed by atoms with Crippen molar-refractivity contribution in [1.29, 1.82) is 0 Å². The summed E-state index contributed by atoms with van der Waals surface area (Å²) in [4.78, 5) is 49.3. The van der Waals surface area contributed by atoms with Gasteiger partial charge in [0.25, 0.3) is 5.69 Å². The minimum absolute atomic E-state index is 0.0258. The number of imide groups is 1. The molecule has 4 atom stereocenters. The molecule has 130 valence electrons. The summed E-state index contributed by atoms with van der Waals surface area (Å²) in [5.41, 5.74) is -0.366. The highest BCUT2D eigenvalue weighted by Crippen LogP contribution is 2.56. The summed E-state index contributed by atoms with van der Waals surface area (Å²) in [5, 5.41) is 11.1. The molecular weight excluding hydrogens is 328 g/mol. The van der Waals surface area contributed by atoms with Gasteiger partial charge in [0.05, 0.1) is 35.1 Å². The summed E-state index contributed by atoms with van der Waals surface area (Å²) in [7, 11) is 1.18. The van der Waals surface area contributed by atoms with E-state index in [2.05, 4.69) is 0 Å². The van der Waals surface area contributed by atoms with Crippen molar-refractivity contribution in [2.45, 2.75) is 19.3 Å². The zero-order valence-corrected chi connectivity index (χ0v) is 13.5. The summed E-state index contributed by atoms with van der Waals surface area (Å²) in [5.74, 6) is -1.80. The number of rotatable bonds is 3. The van der Waals surface area contributed by atoms with Crippen LogP contribution in [0.5, 0.6) is 0 Å². The molecule has 1 saturated heterocycles. The number of non-ortho nitro benzene ring substituents is 1. The largest absolute Gasteiger partial charge is 0.465 e. The van der Waals surface area contributed by atoms with Crippen molar-refractivity contribution in [3.8, 4) is 0 Å². The Labute approximate surface area is 142 Å². The first-order valence-corrected chi connectivity index (χ1v) is 8.18. The third-order valence-electron chi connectivity index (χ3n) is 5.77. The average Bonchev–Trinajstić information content (AvgIpc) is 3.27. The lowest BCUT2D eigenvalue weighted by molar-refractivity contribution is -0.384. The van der Waals surface area contributed by atoms with Gasteiger partial charge in [-0.05, 0) is 37.2 Å². The summed E-state index contributed by atoms with van der Waals surface area (Å²) in [6.45, 7) is 0. The van der Waals surface area contributed by atoms with Crippen LogP contribution in [0.15, 0.2) is 18.2 Å². The number of carbonyl (C=O) groups excluding carboxylic acids is 3. The maximum atomic E-state index is 12.9. The molecule has 25 heavy (non-hydrogen) atoms. The van der Waals surface area contributed by atoms with Crippen LogP contribution in [0.3, 0.4) is 0 Å². The maximum Gasteiger partial charge on any atom is 0.340 e. The smallest absolute Gasteiger partial charge is 0.340 e. The summed E-state index contributed by atoms with van der Waals surface area (Å²) in [6.07, 6.45) is 2.74. The lowest BCUT2D eigenvalue weighted by Gasteiger charge is -2.19. The van der Waals surface area contributed by atoms with E-state index in [0.717, 1.165) is 36.3 Å². The number of hydrogen-bond donors (Lipinski definition) is 0. The second kappa shape index (κ2) is 5.37. The third-order valence-corrected chi connectivity index (χ3v) is 5.77. The van der Waals surface area contributed by atoms with Gasteiger partial charge >= 0.3 is 5.97 Å². The molecule has 8 heteroatoms. The summed E-state index contributed by atoms with van der Waals surface area (Å²) in [6, 6.07) is 3.48. The Bertz CT molecular complexity index is 791. The molecule has 2 amide bonds. The molecule has 8 nitrogen and oxygen atoms in total. The molecule has 1 aromatic rings. The van der Waals surface area contributed by atoms with Crippen molar-refractivity contribution in [1.82, 2.24) is 0 Å². The number of nitrogens with zero attached hydrogens (tertiary/aromatic N) is 2. The van der Waals surface area contributed by atoms with Gasteiger partial charge < -0.3 is 4.74 Å². The predicted octanol–water partition coefficient (Wildman–Crippen LogP) is 1.92. The van der Waals surface area contributed by atoms with Crippen molar-refractivity contribution in [2.75, 3.05) is 12.0 Å². The molecule has 0 aromatic heterocycles. The van der Waals surface area contributed by atoms with E-state index in [1.54, 1.807) is 0 Å². The van der Waals surface area contributed by atoms with Gasteiger partial charge in [0.2, 0.25) is 11.8 Å². The van der Waals surface area contributed by atoms with Crippen LogP contribution < -0.4 is 4.90 Å².